The highest BCUT2D eigenvalue weighted by Gasteiger charge is 2.25. The third kappa shape index (κ3) is 5.06. The molecule has 0 saturated carbocycles. The molecule has 8 nitrogen and oxygen atoms in total. The maximum Gasteiger partial charge on any atom is 0.150 e. The second-order valence-electron chi connectivity index (χ2n) is 8.73. The Morgan fingerprint density at radius 3 is 2.73 bits per heavy atom. The van der Waals surface area contributed by atoms with Gasteiger partial charge in [0.25, 0.3) is 0 Å². The molecule has 1 atom stereocenters. The number of aromatic nitrogens is 4. The average molecular weight is 447 g/mol. The summed E-state index contributed by atoms with van der Waals surface area (Å²) >= 11 is 0. The molecule has 8 heteroatoms. The lowest BCUT2D eigenvalue weighted by Crippen LogP contribution is -2.33. The van der Waals surface area contributed by atoms with Gasteiger partial charge in [0.2, 0.25) is 0 Å². The van der Waals surface area contributed by atoms with Crippen molar-refractivity contribution >= 4 is 11.6 Å². The molecule has 1 N–H and O–H groups in total. The SMILES string of the molecule is CCOc1cc2c(cc1CN1CCC(c3cncc(Nc4cnccn4)n3)CC1)OC(C)C2. The quantitative estimate of drug-likeness (QED) is 0.580. The van der Waals surface area contributed by atoms with E-state index < -0.39 is 0 Å². The third-order valence-electron chi connectivity index (χ3n) is 6.25. The molecule has 0 amide bonds. The highest BCUT2D eigenvalue weighted by Crippen LogP contribution is 2.36. The molecular weight excluding hydrogens is 416 g/mol. The Labute approximate surface area is 194 Å². The fraction of sp³-hybridized carbons (Fsp3) is 0.440. The molecule has 1 saturated heterocycles. The molecule has 2 aliphatic rings. The third-order valence-corrected chi connectivity index (χ3v) is 6.25. The van der Waals surface area contributed by atoms with Crippen molar-refractivity contribution in [1.29, 1.82) is 0 Å². The van der Waals surface area contributed by atoms with E-state index in [0.29, 0.717) is 24.2 Å². The summed E-state index contributed by atoms with van der Waals surface area (Å²) in [5.41, 5.74) is 3.48. The standard InChI is InChI=1S/C25H30N6O2/c1-3-32-22-11-19-10-17(2)33-23(19)12-20(22)16-31-8-4-18(5-9-31)21-13-27-15-25(29-21)30-24-14-26-6-7-28-24/h6-7,11-15,17-18H,3-5,8-10,16H2,1-2H3,(H,28,29,30). The van der Waals surface area contributed by atoms with Crippen molar-refractivity contribution in [2.75, 3.05) is 25.0 Å². The molecule has 0 spiro atoms. The second-order valence-corrected chi connectivity index (χ2v) is 8.73. The van der Waals surface area contributed by atoms with Gasteiger partial charge in [-0.3, -0.25) is 14.9 Å². The van der Waals surface area contributed by atoms with Crippen LogP contribution >= 0.6 is 0 Å². The highest BCUT2D eigenvalue weighted by atomic mass is 16.5. The Balaban J connectivity index is 1.22. The van der Waals surface area contributed by atoms with Crippen LogP contribution in [0.25, 0.3) is 0 Å². The number of hydrogen-bond acceptors (Lipinski definition) is 8. The molecule has 0 aliphatic carbocycles. The minimum absolute atomic E-state index is 0.237. The predicted octanol–water partition coefficient (Wildman–Crippen LogP) is 4.11. The topological polar surface area (TPSA) is 85.3 Å². The predicted molar refractivity (Wildman–Crippen MR) is 126 cm³/mol. The molecule has 0 radical (unpaired) electrons. The first-order valence-electron chi connectivity index (χ1n) is 11.7. The fourth-order valence-electron chi connectivity index (χ4n) is 4.66. The minimum Gasteiger partial charge on any atom is -0.494 e. The molecule has 172 valence electrons. The van der Waals surface area contributed by atoms with Gasteiger partial charge in [0.15, 0.2) is 0 Å². The molecule has 1 unspecified atom stereocenters. The Morgan fingerprint density at radius 1 is 1.09 bits per heavy atom. The normalized spacial score (nSPS) is 18.5. The van der Waals surface area contributed by atoms with Crippen molar-refractivity contribution < 1.29 is 9.47 Å². The molecular formula is C25H30N6O2. The molecule has 4 heterocycles. The maximum absolute atomic E-state index is 5.99. The number of hydrogen-bond donors (Lipinski definition) is 1. The molecule has 0 bridgehead atoms. The zero-order valence-corrected chi connectivity index (χ0v) is 19.2. The van der Waals surface area contributed by atoms with Crippen LogP contribution in [0.2, 0.25) is 0 Å². The van der Waals surface area contributed by atoms with Gasteiger partial charge in [0, 0.05) is 48.6 Å². The average Bonchev–Trinajstić information content (AvgIpc) is 3.19. The van der Waals surface area contributed by atoms with Gasteiger partial charge in [0.1, 0.15) is 29.2 Å². The molecule has 3 aromatic rings. The van der Waals surface area contributed by atoms with Crippen molar-refractivity contribution in [1.82, 2.24) is 24.8 Å². The number of benzene rings is 1. The number of nitrogens with one attached hydrogen (secondary N) is 1. The summed E-state index contributed by atoms with van der Waals surface area (Å²) in [6.45, 7) is 7.71. The molecule has 5 rings (SSSR count). The number of likely N-dealkylation sites (tertiary alicyclic amines) is 1. The second kappa shape index (κ2) is 9.70. The van der Waals surface area contributed by atoms with Gasteiger partial charge in [-0.15, -0.1) is 0 Å². The lowest BCUT2D eigenvalue weighted by molar-refractivity contribution is 0.199. The number of nitrogens with zero attached hydrogens (tertiary/aromatic N) is 5. The van der Waals surface area contributed by atoms with Crippen molar-refractivity contribution in [3.8, 4) is 11.5 Å². The van der Waals surface area contributed by atoms with Crippen LogP contribution in [-0.4, -0.2) is 50.6 Å². The summed E-state index contributed by atoms with van der Waals surface area (Å²) in [6, 6.07) is 4.36. The number of anilines is 2. The van der Waals surface area contributed by atoms with Gasteiger partial charge < -0.3 is 14.8 Å². The van der Waals surface area contributed by atoms with E-state index in [2.05, 4.69) is 44.2 Å². The molecule has 2 aliphatic heterocycles. The van der Waals surface area contributed by atoms with Crippen LogP contribution in [0, 0.1) is 0 Å². The van der Waals surface area contributed by atoms with Crippen molar-refractivity contribution in [2.24, 2.45) is 0 Å². The van der Waals surface area contributed by atoms with Crippen LogP contribution in [0.5, 0.6) is 11.5 Å². The van der Waals surface area contributed by atoms with Crippen molar-refractivity contribution in [3.05, 3.63) is 59.9 Å². The summed E-state index contributed by atoms with van der Waals surface area (Å²) < 4.78 is 12.0. The summed E-state index contributed by atoms with van der Waals surface area (Å²) in [4.78, 5) is 20.0. The Kier molecular flexibility index (Phi) is 6.35. The van der Waals surface area contributed by atoms with Gasteiger partial charge >= 0.3 is 0 Å². The summed E-state index contributed by atoms with van der Waals surface area (Å²) in [5.74, 6) is 3.76. The zero-order chi connectivity index (χ0) is 22.6. The van der Waals surface area contributed by atoms with E-state index in [9.17, 15) is 0 Å². The minimum atomic E-state index is 0.237. The first-order valence-corrected chi connectivity index (χ1v) is 11.7. The number of piperidine rings is 1. The largest absolute Gasteiger partial charge is 0.494 e. The number of rotatable bonds is 7. The van der Waals surface area contributed by atoms with Gasteiger partial charge in [-0.1, -0.05) is 0 Å². The molecule has 1 aromatic carbocycles. The van der Waals surface area contributed by atoms with Crippen LogP contribution in [0.15, 0.2) is 43.1 Å². The van der Waals surface area contributed by atoms with Crippen LogP contribution in [0.4, 0.5) is 11.6 Å². The summed E-state index contributed by atoms with van der Waals surface area (Å²) in [5, 5.41) is 3.18. The van der Waals surface area contributed by atoms with Gasteiger partial charge in [-0.25, -0.2) is 9.97 Å². The Hall–Kier alpha value is -3.26. The van der Waals surface area contributed by atoms with E-state index in [0.717, 1.165) is 56.1 Å². The van der Waals surface area contributed by atoms with E-state index in [4.69, 9.17) is 14.5 Å². The van der Waals surface area contributed by atoms with Crippen LogP contribution in [0.1, 0.15) is 49.4 Å². The highest BCUT2D eigenvalue weighted by molar-refractivity contribution is 5.49. The first-order chi connectivity index (χ1) is 16.2. The smallest absolute Gasteiger partial charge is 0.150 e. The number of ether oxygens (including phenoxy) is 2. The van der Waals surface area contributed by atoms with E-state index >= 15 is 0 Å². The molecule has 2 aromatic heterocycles. The lowest BCUT2D eigenvalue weighted by Gasteiger charge is -2.32. The number of fused-ring (bicyclic) bond motifs is 1. The molecule has 33 heavy (non-hydrogen) atoms. The van der Waals surface area contributed by atoms with Crippen LogP contribution < -0.4 is 14.8 Å². The first kappa shape index (κ1) is 21.6. The van der Waals surface area contributed by atoms with Crippen LogP contribution in [-0.2, 0) is 13.0 Å². The van der Waals surface area contributed by atoms with Crippen molar-refractivity contribution in [3.63, 3.8) is 0 Å². The monoisotopic (exact) mass is 446 g/mol. The van der Waals surface area contributed by atoms with Crippen LogP contribution in [0.3, 0.4) is 0 Å². The van der Waals surface area contributed by atoms with Gasteiger partial charge in [0.05, 0.1) is 24.7 Å². The zero-order valence-electron chi connectivity index (χ0n) is 19.2. The summed E-state index contributed by atoms with van der Waals surface area (Å²) in [6.07, 6.45) is 11.9. The molecule has 1 fully saturated rings. The van der Waals surface area contributed by atoms with Gasteiger partial charge in [-0.2, -0.15) is 0 Å². The van der Waals surface area contributed by atoms with E-state index in [1.807, 2.05) is 13.1 Å². The Morgan fingerprint density at radius 2 is 1.94 bits per heavy atom. The summed E-state index contributed by atoms with van der Waals surface area (Å²) in [7, 11) is 0. The van der Waals surface area contributed by atoms with E-state index in [1.54, 1.807) is 24.8 Å². The van der Waals surface area contributed by atoms with Gasteiger partial charge in [-0.05, 0) is 51.9 Å². The fourth-order valence-corrected chi connectivity index (χ4v) is 4.66. The van der Waals surface area contributed by atoms with E-state index in [1.165, 1.54) is 11.1 Å². The lowest BCUT2D eigenvalue weighted by atomic mass is 9.93. The van der Waals surface area contributed by atoms with E-state index in [-0.39, 0.29) is 6.10 Å². The maximum atomic E-state index is 5.99. The van der Waals surface area contributed by atoms with Crippen molar-refractivity contribution in [2.45, 2.75) is 51.7 Å². The Bertz CT molecular complexity index is 1090.